The maximum Gasteiger partial charge on any atom is 0.257 e. The lowest BCUT2D eigenvalue weighted by molar-refractivity contribution is 0.102. The number of carbonyl (C=O) groups is 1. The van der Waals surface area contributed by atoms with Gasteiger partial charge in [0.1, 0.15) is 17.3 Å². The van der Waals surface area contributed by atoms with E-state index in [0.29, 0.717) is 28.6 Å². The molecule has 20 heavy (non-hydrogen) atoms. The quantitative estimate of drug-likeness (QED) is 0.889. The minimum absolute atomic E-state index is 0.284. The summed E-state index contributed by atoms with van der Waals surface area (Å²) in [5.41, 5.74) is 6.47. The van der Waals surface area contributed by atoms with Gasteiger partial charge >= 0.3 is 0 Å². The van der Waals surface area contributed by atoms with Crippen LogP contribution in [0.2, 0.25) is 0 Å². The van der Waals surface area contributed by atoms with Gasteiger partial charge in [-0.2, -0.15) is 0 Å². The number of aromatic nitrogens is 1. The predicted molar refractivity (Wildman–Crippen MR) is 76.1 cm³/mol. The summed E-state index contributed by atoms with van der Waals surface area (Å²) in [4.78, 5) is 15.9. The molecule has 0 atom stereocenters. The summed E-state index contributed by atoms with van der Waals surface area (Å²) in [6, 6.07) is 8.30. The molecule has 1 heterocycles. The van der Waals surface area contributed by atoms with E-state index in [-0.39, 0.29) is 5.91 Å². The topological polar surface area (TPSA) is 86.5 Å². The monoisotopic (exact) mass is 273 g/mol. The van der Waals surface area contributed by atoms with Crippen LogP contribution in [0.5, 0.6) is 11.5 Å². The second-order valence-corrected chi connectivity index (χ2v) is 4.03. The van der Waals surface area contributed by atoms with E-state index in [0.717, 1.165) is 0 Å². The van der Waals surface area contributed by atoms with E-state index in [1.54, 1.807) is 44.6 Å². The average Bonchev–Trinajstić information content (AvgIpc) is 2.47. The molecule has 0 aliphatic rings. The standard InChI is InChI=1S/C14H15N3O3/c1-19-11-5-10(6-12(7-11)20-2)17-14(18)9-3-4-13(15)16-8-9/h3-8H,1-2H3,(H2,15,16)(H,17,18). The molecular weight excluding hydrogens is 258 g/mol. The van der Waals surface area contributed by atoms with E-state index in [2.05, 4.69) is 10.3 Å². The van der Waals surface area contributed by atoms with Crippen molar-refractivity contribution in [2.45, 2.75) is 0 Å². The molecule has 0 radical (unpaired) electrons. The van der Waals surface area contributed by atoms with Crippen molar-refractivity contribution in [1.29, 1.82) is 0 Å². The molecule has 0 aliphatic heterocycles. The number of methoxy groups -OCH3 is 2. The first kappa shape index (κ1) is 13.7. The summed E-state index contributed by atoms with van der Waals surface area (Å²) in [5, 5.41) is 2.75. The summed E-state index contributed by atoms with van der Waals surface area (Å²) in [6.45, 7) is 0. The Kier molecular flexibility index (Phi) is 4.05. The minimum Gasteiger partial charge on any atom is -0.497 e. The van der Waals surface area contributed by atoms with Gasteiger partial charge in [-0.15, -0.1) is 0 Å². The van der Waals surface area contributed by atoms with Crippen molar-refractivity contribution in [1.82, 2.24) is 4.98 Å². The van der Waals surface area contributed by atoms with E-state index < -0.39 is 0 Å². The Hall–Kier alpha value is -2.76. The zero-order valence-electron chi connectivity index (χ0n) is 11.2. The van der Waals surface area contributed by atoms with Crippen molar-refractivity contribution in [3.63, 3.8) is 0 Å². The van der Waals surface area contributed by atoms with Crippen molar-refractivity contribution < 1.29 is 14.3 Å². The van der Waals surface area contributed by atoms with E-state index in [9.17, 15) is 4.79 Å². The highest BCUT2D eigenvalue weighted by atomic mass is 16.5. The van der Waals surface area contributed by atoms with Gasteiger partial charge in [-0.1, -0.05) is 0 Å². The van der Waals surface area contributed by atoms with Crippen molar-refractivity contribution in [2.75, 3.05) is 25.3 Å². The summed E-state index contributed by atoms with van der Waals surface area (Å²) in [6.07, 6.45) is 1.42. The molecule has 6 nitrogen and oxygen atoms in total. The van der Waals surface area contributed by atoms with E-state index in [1.807, 2.05) is 0 Å². The van der Waals surface area contributed by atoms with Gasteiger partial charge in [0.2, 0.25) is 0 Å². The lowest BCUT2D eigenvalue weighted by Crippen LogP contribution is -2.12. The van der Waals surface area contributed by atoms with Gasteiger partial charge in [-0.05, 0) is 12.1 Å². The number of pyridine rings is 1. The van der Waals surface area contributed by atoms with Gasteiger partial charge in [0.25, 0.3) is 5.91 Å². The molecular formula is C14H15N3O3. The van der Waals surface area contributed by atoms with Gasteiger partial charge in [-0.3, -0.25) is 4.79 Å². The highest BCUT2D eigenvalue weighted by molar-refractivity contribution is 6.04. The molecule has 0 spiro atoms. The summed E-state index contributed by atoms with van der Waals surface area (Å²) >= 11 is 0. The number of ether oxygens (including phenoxy) is 2. The second-order valence-electron chi connectivity index (χ2n) is 4.03. The van der Waals surface area contributed by atoms with E-state index >= 15 is 0 Å². The Morgan fingerprint density at radius 2 is 1.80 bits per heavy atom. The van der Waals surface area contributed by atoms with Crippen LogP contribution in [-0.4, -0.2) is 25.1 Å². The fraction of sp³-hybridized carbons (Fsp3) is 0.143. The number of nitrogens with zero attached hydrogens (tertiary/aromatic N) is 1. The Labute approximate surface area is 116 Å². The molecule has 1 aromatic heterocycles. The number of nitrogens with two attached hydrogens (primary N) is 1. The van der Waals surface area contributed by atoms with Gasteiger partial charge in [0.05, 0.1) is 19.8 Å². The fourth-order valence-electron chi connectivity index (χ4n) is 1.62. The van der Waals surface area contributed by atoms with Crippen molar-refractivity contribution >= 4 is 17.4 Å². The largest absolute Gasteiger partial charge is 0.497 e. The van der Waals surface area contributed by atoms with Gasteiger partial charge < -0.3 is 20.5 Å². The Morgan fingerprint density at radius 3 is 2.30 bits per heavy atom. The third-order valence-electron chi connectivity index (χ3n) is 2.66. The molecule has 0 bridgehead atoms. The number of rotatable bonds is 4. The molecule has 1 aromatic carbocycles. The number of hydrogen-bond donors (Lipinski definition) is 2. The van der Waals surface area contributed by atoms with Crippen molar-refractivity contribution in [3.8, 4) is 11.5 Å². The fourth-order valence-corrected chi connectivity index (χ4v) is 1.62. The number of amides is 1. The smallest absolute Gasteiger partial charge is 0.257 e. The normalized spacial score (nSPS) is 9.90. The summed E-state index contributed by atoms with van der Waals surface area (Å²) in [5.74, 6) is 1.27. The maximum absolute atomic E-state index is 12.1. The van der Waals surface area contributed by atoms with Crippen molar-refractivity contribution in [2.24, 2.45) is 0 Å². The summed E-state index contributed by atoms with van der Waals surface area (Å²) in [7, 11) is 3.09. The number of carbonyl (C=O) groups excluding carboxylic acids is 1. The third kappa shape index (κ3) is 3.17. The molecule has 2 rings (SSSR count). The van der Waals surface area contributed by atoms with E-state index in [4.69, 9.17) is 15.2 Å². The van der Waals surface area contributed by atoms with Crippen LogP contribution in [0.4, 0.5) is 11.5 Å². The van der Waals surface area contributed by atoms with Crippen LogP contribution >= 0.6 is 0 Å². The van der Waals surface area contributed by atoms with Crippen molar-refractivity contribution in [3.05, 3.63) is 42.1 Å². The van der Waals surface area contributed by atoms with Gasteiger partial charge in [0.15, 0.2) is 0 Å². The van der Waals surface area contributed by atoms with Crippen LogP contribution in [0, 0.1) is 0 Å². The van der Waals surface area contributed by atoms with Crippen LogP contribution in [0.15, 0.2) is 36.5 Å². The molecule has 0 aliphatic carbocycles. The highest BCUT2D eigenvalue weighted by Crippen LogP contribution is 2.26. The Bertz CT molecular complexity index is 589. The van der Waals surface area contributed by atoms with Crippen LogP contribution in [0.25, 0.3) is 0 Å². The maximum atomic E-state index is 12.1. The Morgan fingerprint density at radius 1 is 1.15 bits per heavy atom. The molecule has 104 valence electrons. The average molecular weight is 273 g/mol. The number of anilines is 2. The predicted octanol–water partition coefficient (Wildman–Crippen LogP) is 1.93. The molecule has 0 fully saturated rings. The number of nitrogens with one attached hydrogen (secondary N) is 1. The molecule has 6 heteroatoms. The second kappa shape index (κ2) is 5.92. The van der Waals surface area contributed by atoms with Crippen LogP contribution < -0.4 is 20.5 Å². The number of nitrogen functional groups attached to an aromatic ring is 1. The Balaban J connectivity index is 2.20. The highest BCUT2D eigenvalue weighted by Gasteiger charge is 2.08. The molecule has 0 saturated carbocycles. The van der Waals surface area contributed by atoms with Crippen LogP contribution in [-0.2, 0) is 0 Å². The SMILES string of the molecule is COc1cc(NC(=O)c2ccc(N)nc2)cc(OC)c1. The molecule has 0 unspecified atom stereocenters. The molecule has 0 saturated heterocycles. The molecule has 3 N–H and O–H groups in total. The van der Waals surface area contributed by atoms with Gasteiger partial charge in [0, 0.05) is 30.1 Å². The van der Waals surface area contributed by atoms with Gasteiger partial charge in [-0.25, -0.2) is 4.98 Å². The first-order valence-corrected chi connectivity index (χ1v) is 5.88. The number of hydrogen-bond acceptors (Lipinski definition) is 5. The minimum atomic E-state index is -0.284. The summed E-state index contributed by atoms with van der Waals surface area (Å²) < 4.78 is 10.3. The first-order chi connectivity index (χ1) is 9.62. The third-order valence-corrected chi connectivity index (χ3v) is 2.66. The lowest BCUT2D eigenvalue weighted by atomic mass is 10.2. The lowest BCUT2D eigenvalue weighted by Gasteiger charge is -2.09. The van der Waals surface area contributed by atoms with E-state index in [1.165, 1.54) is 6.20 Å². The zero-order valence-corrected chi connectivity index (χ0v) is 11.2. The number of benzene rings is 1. The van der Waals surface area contributed by atoms with Crippen LogP contribution in [0.3, 0.4) is 0 Å². The molecule has 2 aromatic rings. The molecule has 1 amide bonds. The first-order valence-electron chi connectivity index (χ1n) is 5.88. The van der Waals surface area contributed by atoms with Crippen LogP contribution in [0.1, 0.15) is 10.4 Å². The zero-order chi connectivity index (χ0) is 14.5.